The second kappa shape index (κ2) is 9.22. The van der Waals surface area contributed by atoms with Gasteiger partial charge in [-0.1, -0.05) is 71.3 Å². The van der Waals surface area contributed by atoms with E-state index in [0.29, 0.717) is 11.6 Å². The molecule has 0 radical (unpaired) electrons. The number of hydrazone groups is 1. The van der Waals surface area contributed by atoms with E-state index < -0.39 is 0 Å². The molecule has 1 amide bonds. The predicted octanol–water partition coefficient (Wildman–Crippen LogP) is 6.61. The van der Waals surface area contributed by atoms with Crippen LogP contribution in [0.25, 0.3) is 6.08 Å². The van der Waals surface area contributed by atoms with Gasteiger partial charge >= 0.3 is 0 Å². The van der Waals surface area contributed by atoms with E-state index in [1.807, 2.05) is 6.92 Å². The number of benzene rings is 2. The SMILES string of the molecule is CCn1cc(Cl)c(C(=O)N2N=C3/C(=C\c4ccc(C)cc4)CCC[C@H]3[C@@H]2c2ccc(C)cc2)n1. The Morgan fingerprint density at radius 1 is 1.09 bits per heavy atom. The van der Waals surface area contributed by atoms with Crippen LogP contribution in [-0.4, -0.2) is 26.4 Å². The molecule has 3 aromatic rings. The van der Waals surface area contributed by atoms with Crippen LogP contribution in [0.5, 0.6) is 0 Å². The molecule has 5 rings (SSSR count). The normalized spacial score (nSPS) is 21.0. The molecule has 0 unspecified atom stereocenters. The molecule has 1 aliphatic heterocycles. The smallest absolute Gasteiger partial charge is 0.271 e. The van der Waals surface area contributed by atoms with Crippen LogP contribution >= 0.6 is 11.6 Å². The minimum absolute atomic E-state index is 0.143. The second-order valence-corrected chi connectivity index (χ2v) is 9.66. The van der Waals surface area contributed by atoms with Gasteiger partial charge in [0.25, 0.3) is 5.91 Å². The molecule has 174 valence electrons. The third-order valence-corrected chi connectivity index (χ3v) is 7.07. The Hall–Kier alpha value is -3.18. The van der Waals surface area contributed by atoms with Crippen molar-refractivity contribution >= 4 is 29.3 Å². The Balaban J connectivity index is 1.58. The number of amides is 1. The molecular formula is C28H29ClN4O. The molecule has 1 fully saturated rings. The maximum absolute atomic E-state index is 13.7. The maximum atomic E-state index is 13.7. The molecule has 34 heavy (non-hydrogen) atoms. The van der Waals surface area contributed by atoms with Crippen LogP contribution in [0.4, 0.5) is 0 Å². The van der Waals surface area contributed by atoms with Gasteiger partial charge in [-0.3, -0.25) is 9.48 Å². The van der Waals surface area contributed by atoms with E-state index in [9.17, 15) is 4.79 Å². The third-order valence-electron chi connectivity index (χ3n) is 6.79. The standard InChI is InChI=1S/C28H29ClN4O/c1-4-32-17-24(29)26(30-32)28(34)33-27(21-14-10-19(3)11-15-21)23-7-5-6-22(25(23)31-33)16-20-12-8-18(2)9-13-20/h8-17,23,27H,4-7H2,1-3H3/b22-16-/t23-,27+/m1/s1. The molecule has 2 atom stereocenters. The summed E-state index contributed by atoms with van der Waals surface area (Å²) in [6.07, 6.45) is 6.94. The first kappa shape index (κ1) is 22.6. The fraction of sp³-hybridized carbons (Fsp3) is 0.321. The number of fused-ring (bicyclic) bond motifs is 1. The van der Waals surface area contributed by atoms with Gasteiger partial charge in [0.15, 0.2) is 5.69 Å². The van der Waals surface area contributed by atoms with E-state index in [-0.39, 0.29) is 23.6 Å². The summed E-state index contributed by atoms with van der Waals surface area (Å²) in [5.74, 6) is -0.108. The minimum Gasteiger partial charge on any atom is -0.271 e. The predicted molar refractivity (Wildman–Crippen MR) is 137 cm³/mol. The van der Waals surface area contributed by atoms with E-state index >= 15 is 0 Å². The van der Waals surface area contributed by atoms with Gasteiger partial charge in [-0.2, -0.15) is 10.2 Å². The number of halogens is 1. The Morgan fingerprint density at radius 3 is 2.41 bits per heavy atom. The monoisotopic (exact) mass is 472 g/mol. The molecule has 0 spiro atoms. The van der Waals surface area contributed by atoms with Crippen molar-refractivity contribution in [3.05, 3.63) is 93.3 Å². The van der Waals surface area contributed by atoms with E-state index in [1.165, 1.54) is 16.7 Å². The van der Waals surface area contributed by atoms with Crippen molar-refractivity contribution in [2.75, 3.05) is 0 Å². The molecule has 1 saturated carbocycles. The summed E-state index contributed by atoms with van der Waals surface area (Å²) >= 11 is 6.42. The highest BCUT2D eigenvalue weighted by molar-refractivity contribution is 6.33. The van der Waals surface area contributed by atoms with Gasteiger partial charge in [-0.05, 0) is 62.8 Å². The number of allylic oxidation sites excluding steroid dienone is 1. The first-order valence-corrected chi connectivity index (χ1v) is 12.3. The summed E-state index contributed by atoms with van der Waals surface area (Å²) in [7, 11) is 0. The van der Waals surface area contributed by atoms with Crippen LogP contribution in [0.3, 0.4) is 0 Å². The summed E-state index contributed by atoms with van der Waals surface area (Å²) in [6.45, 7) is 6.78. The van der Waals surface area contributed by atoms with Gasteiger partial charge in [0, 0.05) is 18.7 Å². The maximum Gasteiger partial charge on any atom is 0.296 e. The molecular weight excluding hydrogens is 444 g/mol. The lowest BCUT2D eigenvalue weighted by Crippen LogP contribution is -2.32. The van der Waals surface area contributed by atoms with E-state index in [0.717, 1.165) is 36.1 Å². The molecule has 0 N–H and O–H groups in total. The fourth-order valence-corrected chi connectivity index (χ4v) is 5.17. The van der Waals surface area contributed by atoms with Crippen LogP contribution in [0.1, 0.15) is 65.0 Å². The summed E-state index contributed by atoms with van der Waals surface area (Å²) in [5, 5.41) is 11.4. The van der Waals surface area contributed by atoms with Crippen molar-refractivity contribution in [1.82, 2.24) is 14.8 Å². The van der Waals surface area contributed by atoms with Gasteiger partial charge in [-0.25, -0.2) is 5.01 Å². The fourth-order valence-electron chi connectivity index (χ4n) is 4.94. The number of carbonyl (C=O) groups excluding carboxylic acids is 1. The van der Waals surface area contributed by atoms with Crippen molar-refractivity contribution in [3.63, 3.8) is 0 Å². The number of rotatable bonds is 4. The van der Waals surface area contributed by atoms with Gasteiger partial charge in [0.2, 0.25) is 0 Å². The number of aromatic nitrogens is 2. The van der Waals surface area contributed by atoms with Crippen LogP contribution in [0.2, 0.25) is 5.02 Å². The first-order chi connectivity index (χ1) is 16.4. The third kappa shape index (κ3) is 4.21. The number of carbonyl (C=O) groups is 1. The van der Waals surface area contributed by atoms with Crippen molar-refractivity contribution in [3.8, 4) is 0 Å². The van der Waals surface area contributed by atoms with Crippen molar-refractivity contribution in [1.29, 1.82) is 0 Å². The first-order valence-electron chi connectivity index (χ1n) is 11.9. The Labute approximate surface area is 205 Å². The summed E-state index contributed by atoms with van der Waals surface area (Å²) in [6, 6.07) is 16.8. The lowest BCUT2D eigenvalue weighted by molar-refractivity contribution is 0.0674. The molecule has 1 aromatic heterocycles. The molecule has 0 bridgehead atoms. The second-order valence-electron chi connectivity index (χ2n) is 9.25. The molecule has 2 aromatic carbocycles. The lowest BCUT2D eigenvalue weighted by atomic mass is 9.77. The number of aryl methyl sites for hydroxylation is 3. The van der Waals surface area contributed by atoms with Crippen LogP contribution < -0.4 is 0 Å². The molecule has 5 nitrogen and oxygen atoms in total. The average Bonchev–Trinajstić information content (AvgIpc) is 3.42. The molecule has 2 heterocycles. The average molecular weight is 473 g/mol. The number of hydrogen-bond donors (Lipinski definition) is 0. The zero-order chi connectivity index (χ0) is 23.8. The zero-order valence-electron chi connectivity index (χ0n) is 19.8. The van der Waals surface area contributed by atoms with Crippen LogP contribution in [0.15, 0.2) is 65.4 Å². The van der Waals surface area contributed by atoms with Gasteiger partial charge < -0.3 is 0 Å². The minimum atomic E-state index is -0.251. The van der Waals surface area contributed by atoms with Crippen molar-refractivity contribution in [2.45, 2.75) is 52.6 Å². The number of hydrogen-bond acceptors (Lipinski definition) is 3. The van der Waals surface area contributed by atoms with Crippen LogP contribution in [0, 0.1) is 19.8 Å². The Morgan fingerprint density at radius 2 is 1.76 bits per heavy atom. The quantitative estimate of drug-likeness (QED) is 0.429. The van der Waals surface area contributed by atoms with Gasteiger partial charge in [-0.15, -0.1) is 0 Å². The lowest BCUT2D eigenvalue weighted by Gasteiger charge is -2.29. The van der Waals surface area contributed by atoms with E-state index in [2.05, 4.69) is 73.6 Å². The Kier molecular flexibility index (Phi) is 6.13. The molecule has 0 saturated heterocycles. The van der Waals surface area contributed by atoms with Gasteiger partial charge in [0.05, 0.1) is 16.8 Å². The highest BCUT2D eigenvalue weighted by Gasteiger charge is 2.44. The van der Waals surface area contributed by atoms with E-state index in [4.69, 9.17) is 16.7 Å². The molecule has 2 aliphatic rings. The molecule has 1 aliphatic carbocycles. The summed E-state index contributed by atoms with van der Waals surface area (Å²) in [4.78, 5) is 13.7. The topological polar surface area (TPSA) is 50.5 Å². The highest BCUT2D eigenvalue weighted by atomic mass is 35.5. The Bertz CT molecular complexity index is 1270. The van der Waals surface area contributed by atoms with E-state index in [1.54, 1.807) is 15.9 Å². The van der Waals surface area contributed by atoms with Gasteiger partial charge in [0.1, 0.15) is 0 Å². The number of nitrogens with zero attached hydrogens (tertiary/aromatic N) is 4. The van der Waals surface area contributed by atoms with Crippen molar-refractivity contribution in [2.24, 2.45) is 11.0 Å². The van der Waals surface area contributed by atoms with Crippen molar-refractivity contribution < 1.29 is 4.79 Å². The highest BCUT2D eigenvalue weighted by Crippen LogP contribution is 2.45. The molecule has 6 heteroatoms. The zero-order valence-corrected chi connectivity index (χ0v) is 20.6. The summed E-state index contributed by atoms with van der Waals surface area (Å²) in [5.41, 5.74) is 7.15. The van der Waals surface area contributed by atoms with Crippen LogP contribution in [-0.2, 0) is 6.54 Å². The summed E-state index contributed by atoms with van der Waals surface area (Å²) < 4.78 is 1.69. The largest absolute Gasteiger partial charge is 0.296 e.